The van der Waals surface area contributed by atoms with Crippen LogP contribution < -0.4 is 0 Å². The molecular weight excluding hydrogens is 268 g/mol. The molecule has 0 radical (unpaired) electrons. The number of carbonyl (C=O) groups excluding carboxylic acids is 2. The zero-order valence-electron chi connectivity index (χ0n) is 11.3. The normalized spacial score (nSPS) is 26.6. The molecule has 0 aromatic rings. The minimum absolute atomic E-state index is 0.197. The highest BCUT2D eigenvalue weighted by Gasteiger charge is 2.29. The lowest BCUT2D eigenvalue weighted by Crippen LogP contribution is -2.34. The largest absolute Gasteiger partial charge is 0.424 e. The number of hydrogen-bond donors (Lipinski definition) is 0. The molecule has 2 saturated heterocycles. The van der Waals surface area contributed by atoms with Gasteiger partial charge in [0, 0.05) is 25.2 Å². The highest BCUT2D eigenvalue weighted by molar-refractivity contribution is 7.90. The van der Waals surface area contributed by atoms with Gasteiger partial charge in [0.15, 0.2) is 0 Å². The van der Waals surface area contributed by atoms with Gasteiger partial charge in [-0.15, -0.1) is 0 Å². The zero-order chi connectivity index (χ0) is 13.8. The van der Waals surface area contributed by atoms with Crippen molar-refractivity contribution in [2.24, 2.45) is 0 Å². The molecule has 2 atom stereocenters. The van der Waals surface area contributed by atoms with Gasteiger partial charge in [-0.05, 0) is 39.5 Å². The van der Waals surface area contributed by atoms with E-state index in [4.69, 9.17) is 8.37 Å². The van der Waals surface area contributed by atoms with E-state index in [0.717, 1.165) is 25.7 Å². The summed E-state index contributed by atoms with van der Waals surface area (Å²) < 4.78 is 9.79. The third kappa shape index (κ3) is 3.46. The smallest absolute Gasteiger partial charge is 0.337 e. The first-order chi connectivity index (χ1) is 9.09. The molecule has 6 nitrogen and oxygen atoms in total. The minimum Gasteiger partial charge on any atom is -0.337 e. The van der Waals surface area contributed by atoms with Gasteiger partial charge < -0.3 is 18.2 Å². The van der Waals surface area contributed by atoms with E-state index in [-0.39, 0.29) is 12.1 Å². The lowest BCUT2D eigenvalue weighted by molar-refractivity contribution is 0.143. The quantitative estimate of drug-likeness (QED) is 0.731. The Kier molecular flexibility index (Phi) is 4.79. The Morgan fingerprint density at radius 3 is 1.68 bits per heavy atom. The van der Waals surface area contributed by atoms with E-state index in [1.54, 1.807) is 9.80 Å². The molecule has 0 spiro atoms. The molecule has 2 rings (SSSR count). The van der Waals surface area contributed by atoms with Gasteiger partial charge in [0.1, 0.15) is 0 Å². The molecule has 0 N–H and O–H groups in total. The molecule has 2 amide bonds. The van der Waals surface area contributed by atoms with Crippen molar-refractivity contribution in [2.75, 3.05) is 13.1 Å². The summed E-state index contributed by atoms with van der Waals surface area (Å²) in [7, 11) is 0. The van der Waals surface area contributed by atoms with Crippen LogP contribution in [0, 0.1) is 0 Å². The summed E-state index contributed by atoms with van der Waals surface area (Å²) in [4.78, 5) is 26.7. The van der Waals surface area contributed by atoms with E-state index < -0.39 is 12.2 Å². The van der Waals surface area contributed by atoms with Crippen LogP contribution in [0.4, 0.5) is 9.59 Å². The second kappa shape index (κ2) is 6.36. The number of rotatable bonds is 2. The third-order valence-electron chi connectivity index (χ3n) is 3.79. The first-order valence-electron chi connectivity index (χ1n) is 6.72. The number of nitrogens with zero attached hydrogens (tertiary/aromatic N) is 2. The van der Waals surface area contributed by atoms with E-state index >= 15 is 0 Å². The molecule has 2 heterocycles. The fraction of sp³-hybridized carbons (Fsp3) is 0.833. The minimum atomic E-state index is -0.433. The van der Waals surface area contributed by atoms with E-state index in [0.29, 0.717) is 25.4 Å². The molecule has 7 heteroatoms. The maximum Gasteiger partial charge on any atom is 0.424 e. The summed E-state index contributed by atoms with van der Waals surface area (Å²) in [5.41, 5.74) is 0. The Balaban J connectivity index is 1.68. The summed E-state index contributed by atoms with van der Waals surface area (Å²) in [6.45, 7) is 5.38. The second-order valence-electron chi connectivity index (χ2n) is 5.14. The SMILES string of the molecule is C[C@@H]1CCCN1C(=O)OSOC(=O)N1CCC[C@H]1C. The summed E-state index contributed by atoms with van der Waals surface area (Å²) >= 11 is 0.465. The van der Waals surface area contributed by atoms with Crippen molar-refractivity contribution in [3.63, 3.8) is 0 Å². The first kappa shape index (κ1) is 14.3. The fourth-order valence-corrected chi connectivity index (χ4v) is 2.92. The van der Waals surface area contributed by atoms with E-state index in [2.05, 4.69) is 0 Å². The van der Waals surface area contributed by atoms with Crippen LogP contribution in [0.1, 0.15) is 39.5 Å². The van der Waals surface area contributed by atoms with Crippen LogP contribution in [-0.4, -0.2) is 47.2 Å². The highest BCUT2D eigenvalue weighted by Crippen LogP contribution is 2.22. The van der Waals surface area contributed by atoms with Crippen LogP contribution in [0.5, 0.6) is 0 Å². The lowest BCUT2D eigenvalue weighted by atomic mass is 10.2. The number of carbonyl (C=O) groups is 2. The van der Waals surface area contributed by atoms with Crippen molar-refractivity contribution < 1.29 is 18.0 Å². The van der Waals surface area contributed by atoms with Crippen LogP contribution in [0.15, 0.2) is 0 Å². The second-order valence-corrected chi connectivity index (χ2v) is 5.61. The monoisotopic (exact) mass is 288 g/mol. The predicted octanol–water partition coefficient (Wildman–Crippen LogP) is 2.79. The molecule has 2 aliphatic rings. The van der Waals surface area contributed by atoms with Gasteiger partial charge in [0.05, 0.1) is 0 Å². The van der Waals surface area contributed by atoms with E-state index in [1.807, 2.05) is 13.8 Å². The van der Waals surface area contributed by atoms with Crippen LogP contribution in [0.3, 0.4) is 0 Å². The van der Waals surface area contributed by atoms with Gasteiger partial charge in [0.25, 0.3) is 0 Å². The van der Waals surface area contributed by atoms with Crippen LogP contribution in [-0.2, 0) is 8.37 Å². The first-order valence-corrected chi connectivity index (χ1v) is 7.38. The van der Waals surface area contributed by atoms with Crippen molar-refractivity contribution in [1.82, 2.24) is 9.80 Å². The molecule has 0 bridgehead atoms. The highest BCUT2D eigenvalue weighted by atomic mass is 32.2. The van der Waals surface area contributed by atoms with E-state index in [9.17, 15) is 9.59 Å². The van der Waals surface area contributed by atoms with Gasteiger partial charge in [-0.3, -0.25) is 0 Å². The molecule has 0 aromatic carbocycles. The summed E-state index contributed by atoms with van der Waals surface area (Å²) in [6, 6.07) is 0.393. The molecule has 2 fully saturated rings. The predicted molar refractivity (Wildman–Crippen MR) is 71.4 cm³/mol. The molecule has 0 unspecified atom stereocenters. The maximum absolute atomic E-state index is 11.7. The summed E-state index contributed by atoms with van der Waals surface area (Å²) in [6.07, 6.45) is 3.10. The molecule has 0 saturated carbocycles. The molecule has 0 aromatic heterocycles. The topological polar surface area (TPSA) is 59.1 Å². The Morgan fingerprint density at radius 1 is 0.947 bits per heavy atom. The summed E-state index contributed by atoms with van der Waals surface area (Å²) in [5.74, 6) is 0. The van der Waals surface area contributed by atoms with Crippen LogP contribution in [0.25, 0.3) is 0 Å². The van der Waals surface area contributed by atoms with Crippen molar-refractivity contribution in [2.45, 2.75) is 51.6 Å². The number of hydrogen-bond acceptors (Lipinski definition) is 5. The standard InChI is InChI=1S/C12H20N2O4S/c1-9-5-3-7-13(9)11(15)17-19-18-12(16)14-8-4-6-10(14)2/h9-10H,3-8H2,1-2H3/t9-,10-/m1/s1. The number of amides is 2. The van der Waals surface area contributed by atoms with Gasteiger partial charge >= 0.3 is 24.5 Å². The number of likely N-dealkylation sites (tertiary alicyclic amines) is 2. The summed E-state index contributed by atoms with van der Waals surface area (Å²) in [5, 5.41) is 0. The molecular formula is C12H20N2O4S. The van der Waals surface area contributed by atoms with E-state index in [1.165, 1.54) is 0 Å². The third-order valence-corrected chi connectivity index (χ3v) is 4.21. The molecule has 0 aliphatic carbocycles. The van der Waals surface area contributed by atoms with Crippen molar-refractivity contribution >= 4 is 24.5 Å². The van der Waals surface area contributed by atoms with Gasteiger partial charge in [-0.1, -0.05) is 0 Å². The average molecular weight is 288 g/mol. The van der Waals surface area contributed by atoms with Gasteiger partial charge in [0.2, 0.25) is 0 Å². The Bertz CT molecular complexity index is 321. The Morgan fingerprint density at radius 2 is 1.37 bits per heavy atom. The van der Waals surface area contributed by atoms with Gasteiger partial charge in [-0.2, -0.15) is 0 Å². The Hall–Kier alpha value is -1.11. The van der Waals surface area contributed by atoms with Crippen molar-refractivity contribution in [3.8, 4) is 0 Å². The maximum atomic E-state index is 11.7. The average Bonchev–Trinajstić information content (AvgIpc) is 2.97. The fourth-order valence-electron chi connectivity index (χ4n) is 2.58. The molecule has 19 heavy (non-hydrogen) atoms. The molecule has 2 aliphatic heterocycles. The molecule has 108 valence electrons. The zero-order valence-corrected chi connectivity index (χ0v) is 12.1. The van der Waals surface area contributed by atoms with Crippen LogP contribution in [0.2, 0.25) is 0 Å². The lowest BCUT2D eigenvalue weighted by Gasteiger charge is -2.21. The van der Waals surface area contributed by atoms with Crippen molar-refractivity contribution in [1.29, 1.82) is 0 Å². The van der Waals surface area contributed by atoms with Gasteiger partial charge in [-0.25, -0.2) is 9.59 Å². The van der Waals surface area contributed by atoms with Crippen LogP contribution >= 0.6 is 12.3 Å². The Labute approximate surface area is 117 Å². The van der Waals surface area contributed by atoms with Crippen molar-refractivity contribution in [3.05, 3.63) is 0 Å².